The second kappa shape index (κ2) is 6.03. The quantitative estimate of drug-likeness (QED) is 0.480. The van der Waals surface area contributed by atoms with Crippen LogP contribution in [0.2, 0.25) is 0 Å². The summed E-state index contributed by atoms with van der Waals surface area (Å²) in [5, 5.41) is 15.9. The smallest absolute Gasteiger partial charge is 0.122 e. The molecule has 0 aliphatic rings. The number of nitrogens with one attached hydrogen (secondary N) is 1. The number of aliphatic hydroxyl groups excluding tert-OH is 1. The normalized spacial score (nSPS) is 9.93. The first-order chi connectivity index (χ1) is 7.24. The van der Waals surface area contributed by atoms with Gasteiger partial charge in [-0.3, -0.25) is 5.41 Å². The van der Waals surface area contributed by atoms with Crippen LogP contribution in [0.15, 0.2) is 24.3 Å². The summed E-state index contributed by atoms with van der Waals surface area (Å²) in [7, 11) is 0. The Labute approximate surface area is 89.2 Å². The Balaban J connectivity index is 2.55. The van der Waals surface area contributed by atoms with Gasteiger partial charge in [-0.1, -0.05) is 18.2 Å². The Hall–Kier alpha value is -1.55. The first-order valence-corrected chi connectivity index (χ1v) is 4.88. The van der Waals surface area contributed by atoms with Gasteiger partial charge in [0.15, 0.2) is 0 Å². The van der Waals surface area contributed by atoms with Crippen molar-refractivity contribution < 1.29 is 9.84 Å². The lowest BCUT2D eigenvalue weighted by Crippen LogP contribution is -2.14. The fourth-order valence-electron chi connectivity index (χ4n) is 1.24. The second-order valence-electron chi connectivity index (χ2n) is 3.21. The Morgan fingerprint density at radius 3 is 2.80 bits per heavy atom. The monoisotopic (exact) mass is 208 g/mol. The molecule has 4 heteroatoms. The molecule has 0 fully saturated rings. The van der Waals surface area contributed by atoms with Gasteiger partial charge in [-0.05, 0) is 18.1 Å². The predicted molar refractivity (Wildman–Crippen MR) is 59.3 cm³/mol. The molecular formula is C11H16N2O2. The van der Waals surface area contributed by atoms with E-state index in [-0.39, 0.29) is 12.4 Å². The number of para-hydroxylation sites is 1. The summed E-state index contributed by atoms with van der Waals surface area (Å²) in [6, 6.07) is 7.55. The van der Waals surface area contributed by atoms with Crippen LogP contribution >= 0.6 is 0 Å². The van der Waals surface area contributed by atoms with Crippen molar-refractivity contribution in [1.82, 2.24) is 0 Å². The summed E-state index contributed by atoms with van der Waals surface area (Å²) >= 11 is 0. The number of rotatable bonds is 6. The van der Waals surface area contributed by atoms with Crippen LogP contribution in [0, 0.1) is 5.41 Å². The molecule has 0 saturated carbocycles. The third-order valence-corrected chi connectivity index (χ3v) is 1.98. The van der Waals surface area contributed by atoms with Gasteiger partial charge in [0.2, 0.25) is 0 Å². The van der Waals surface area contributed by atoms with Crippen molar-refractivity contribution in [1.29, 1.82) is 5.41 Å². The number of benzene rings is 1. The minimum atomic E-state index is 0.104. The zero-order valence-corrected chi connectivity index (χ0v) is 8.57. The van der Waals surface area contributed by atoms with E-state index in [2.05, 4.69) is 0 Å². The molecule has 4 nitrogen and oxygen atoms in total. The van der Waals surface area contributed by atoms with Crippen LogP contribution in [-0.2, 0) is 6.42 Å². The van der Waals surface area contributed by atoms with Crippen molar-refractivity contribution in [3.05, 3.63) is 29.8 Å². The highest BCUT2D eigenvalue weighted by Gasteiger charge is 2.01. The molecule has 1 rings (SSSR count). The van der Waals surface area contributed by atoms with Gasteiger partial charge in [-0.25, -0.2) is 0 Å². The largest absolute Gasteiger partial charge is 0.493 e. The highest BCUT2D eigenvalue weighted by molar-refractivity contribution is 5.76. The van der Waals surface area contributed by atoms with E-state index in [0.29, 0.717) is 19.4 Å². The van der Waals surface area contributed by atoms with Gasteiger partial charge >= 0.3 is 0 Å². The molecule has 0 radical (unpaired) electrons. The van der Waals surface area contributed by atoms with Crippen molar-refractivity contribution >= 4 is 5.84 Å². The van der Waals surface area contributed by atoms with Crippen LogP contribution in [0.1, 0.15) is 12.0 Å². The van der Waals surface area contributed by atoms with E-state index in [1.165, 1.54) is 0 Å². The molecule has 0 bridgehead atoms. The number of nitrogens with two attached hydrogens (primary N) is 1. The average Bonchev–Trinajstić information content (AvgIpc) is 2.20. The number of hydrogen-bond acceptors (Lipinski definition) is 3. The van der Waals surface area contributed by atoms with Crippen molar-refractivity contribution in [2.24, 2.45) is 5.73 Å². The van der Waals surface area contributed by atoms with Crippen molar-refractivity contribution in [2.75, 3.05) is 13.2 Å². The Morgan fingerprint density at radius 2 is 2.13 bits per heavy atom. The van der Waals surface area contributed by atoms with Crippen LogP contribution in [0.4, 0.5) is 0 Å². The van der Waals surface area contributed by atoms with Gasteiger partial charge < -0.3 is 15.6 Å². The van der Waals surface area contributed by atoms with E-state index < -0.39 is 0 Å². The number of aliphatic hydroxyl groups is 1. The van der Waals surface area contributed by atoms with Crippen LogP contribution in [0.25, 0.3) is 0 Å². The van der Waals surface area contributed by atoms with E-state index in [0.717, 1.165) is 11.3 Å². The minimum absolute atomic E-state index is 0.104. The van der Waals surface area contributed by atoms with Gasteiger partial charge in [-0.15, -0.1) is 0 Å². The lowest BCUT2D eigenvalue weighted by Gasteiger charge is -2.09. The molecule has 1 aromatic carbocycles. The van der Waals surface area contributed by atoms with Crippen molar-refractivity contribution in [3.8, 4) is 5.75 Å². The first-order valence-electron chi connectivity index (χ1n) is 4.88. The molecular weight excluding hydrogens is 192 g/mol. The number of hydrogen-bond donors (Lipinski definition) is 3. The minimum Gasteiger partial charge on any atom is -0.493 e. The molecule has 4 N–H and O–H groups in total. The van der Waals surface area contributed by atoms with Crippen molar-refractivity contribution in [3.63, 3.8) is 0 Å². The van der Waals surface area contributed by atoms with E-state index in [1.807, 2.05) is 24.3 Å². The fraction of sp³-hybridized carbons (Fsp3) is 0.364. The summed E-state index contributed by atoms with van der Waals surface area (Å²) < 4.78 is 5.47. The summed E-state index contributed by atoms with van der Waals surface area (Å²) in [6.45, 7) is 0.505. The third kappa shape index (κ3) is 3.99. The SMILES string of the molecule is N=C(N)CCOc1ccccc1CCO. The van der Waals surface area contributed by atoms with Crippen LogP contribution in [0.5, 0.6) is 5.75 Å². The zero-order chi connectivity index (χ0) is 11.1. The maximum absolute atomic E-state index is 8.85. The molecule has 0 atom stereocenters. The fourth-order valence-corrected chi connectivity index (χ4v) is 1.24. The molecule has 0 aliphatic carbocycles. The molecule has 0 unspecified atom stereocenters. The first kappa shape index (κ1) is 11.5. The van der Waals surface area contributed by atoms with Crippen LogP contribution in [-0.4, -0.2) is 24.2 Å². The summed E-state index contributed by atoms with van der Waals surface area (Å²) in [4.78, 5) is 0. The second-order valence-corrected chi connectivity index (χ2v) is 3.21. The summed E-state index contributed by atoms with van der Waals surface area (Å²) in [5.41, 5.74) is 6.19. The third-order valence-electron chi connectivity index (χ3n) is 1.98. The Morgan fingerprint density at radius 1 is 1.40 bits per heavy atom. The number of amidine groups is 1. The zero-order valence-electron chi connectivity index (χ0n) is 8.57. The van der Waals surface area contributed by atoms with Crippen LogP contribution in [0.3, 0.4) is 0 Å². The summed E-state index contributed by atoms with van der Waals surface area (Å²) in [6.07, 6.45) is 1.00. The average molecular weight is 208 g/mol. The lowest BCUT2D eigenvalue weighted by molar-refractivity contribution is 0.291. The van der Waals surface area contributed by atoms with Crippen molar-refractivity contribution in [2.45, 2.75) is 12.8 Å². The topological polar surface area (TPSA) is 79.3 Å². The molecule has 0 amide bonds. The molecule has 0 heterocycles. The molecule has 0 saturated heterocycles. The number of ether oxygens (including phenoxy) is 1. The molecule has 0 aliphatic heterocycles. The van der Waals surface area contributed by atoms with E-state index in [4.69, 9.17) is 21.0 Å². The van der Waals surface area contributed by atoms with E-state index in [9.17, 15) is 0 Å². The van der Waals surface area contributed by atoms with Crippen LogP contribution < -0.4 is 10.5 Å². The molecule has 15 heavy (non-hydrogen) atoms. The van der Waals surface area contributed by atoms with Gasteiger partial charge in [0.05, 0.1) is 12.4 Å². The molecule has 82 valence electrons. The van der Waals surface area contributed by atoms with Gasteiger partial charge in [0.1, 0.15) is 5.75 Å². The van der Waals surface area contributed by atoms with Gasteiger partial charge in [0, 0.05) is 13.0 Å². The Bertz CT molecular complexity index is 326. The highest BCUT2D eigenvalue weighted by Crippen LogP contribution is 2.18. The van der Waals surface area contributed by atoms with Gasteiger partial charge in [-0.2, -0.15) is 0 Å². The predicted octanol–water partition coefficient (Wildman–Crippen LogP) is 0.926. The van der Waals surface area contributed by atoms with E-state index in [1.54, 1.807) is 0 Å². The maximum Gasteiger partial charge on any atom is 0.122 e. The molecule has 0 aromatic heterocycles. The standard InChI is InChI=1S/C11H16N2O2/c12-11(13)6-8-15-10-4-2-1-3-9(10)5-7-14/h1-4,14H,5-8H2,(H3,12,13). The maximum atomic E-state index is 8.85. The molecule has 0 spiro atoms. The van der Waals surface area contributed by atoms with Gasteiger partial charge in [0.25, 0.3) is 0 Å². The molecule has 1 aromatic rings. The lowest BCUT2D eigenvalue weighted by atomic mass is 10.1. The highest BCUT2D eigenvalue weighted by atomic mass is 16.5. The van der Waals surface area contributed by atoms with E-state index >= 15 is 0 Å². The summed E-state index contributed by atoms with van der Waals surface area (Å²) in [5.74, 6) is 0.877. The Kier molecular flexibility index (Phi) is 4.63.